The Bertz CT molecular complexity index is 5470. The van der Waals surface area contributed by atoms with Crippen molar-refractivity contribution in [2.75, 3.05) is 9.80 Å². The summed E-state index contributed by atoms with van der Waals surface area (Å²) in [5, 5.41) is 7.29. The molecular formula is C86H65BN4O. The molecule has 0 saturated carbocycles. The van der Waals surface area contributed by atoms with Gasteiger partial charge in [-0.1, -0.05) is 228 Å². The molecule has 5 heterocycles. The Balaban J connectivity index is 1.01. The predicted molar refractivity (Wildman–Crippen MR) is 390 cm³/mol. The van der Waals surface area contributed by atoms with Crippen LogP contribution in [0.1, 0.15) is 51.7 Å². The molecule has 0 spiro atoms. The summed E-state index contributed by atoms with van der Waals surface area (Å²) >= 11 is 0. The van der Waals surface area contributed by atoms with Gasteiger partial charge >= 0.3 is 0 Å². The van der Waals surface area contributed by atoms with Gasteiger partial charge in [-0.2, -0.15) is 0 Å². The van der Waals surface area contributed by atoms with Crippen LogP contribution < -0.4 is 26.2 Å². The van der Waals surface area contributed by atoms with Crippen LogP contribution in [0.25, 0.3) is 110 Å². The highest BCUT2D eigenvalue weighted by atomic mass is 16.3. The zero-order valence-corrected chi connectivity index (χ0v) is 52.0. The Morgan fingerprint density at radius 1 is 0.370 bits per heavy atom. The lowest BCUT2D eigenvalue weighted by Gasteiger charge is -2.46. The van der Waals surface area contributed by atoms with Gasteiger partial charge in [0.1, 0.15) is 11.2 Å². The molecule has 0 radical (unpaired) electrons. The van der Waals surface area contributed by atoms with Crippen molar-refractivity contribution in [2.45, 2.75) is 52.4 Å². The molecule has 0 N–H and O–H groups in total. The van der Waals surface area contributed by atoms with E-state index in [2.05, 4.69) is 332 Å². The summed E-state index contributed by atoms with van der Waals surface area (Å²) in [6.07, 6.45) is 2.95. The van der Waals surface area contributed by atoms with E-state index < -0.39 is 0 Å². The number of nitrogens with zero attached hydrogens (tertiary/aromatic N) is 4. The van der Waals surface area contributed by atoms with Gasteiger partial charge in [0, 0.05) is 77.6 Å². The zero-order chi connectivity index (χ0) is 61.3. The van der Waals surface area contributed by atoms with Crippen LogP contribution in [0.3, 0.4) is 0 Å². The number of aromatic nitrogens is 2. The van der Waals surface area contributed by atoms with Crippen LogP contribution in [0.15, 0.2) is 290 Å². The number of hydrogen-bond donors (Lipinski definition) is 0. The Kier molecular flexibility index (Phi) is 12.3. The quantitative estimate of drug-likeness (QED) is 0.128. The van der Waals surface area contributed by atoms with Crippen LogP contribution in [0.5, 0.6) is 0 Å². The van der Waals surface area contributed by atoms with Gasteiger partial charge in [-0.15, -0.1) is 0 Å². The smallest absolute Gasteiger partial charge is 0.252 e. The van der Waals surface area contributed by atoms with Crippen molar-refractivity contribution in [1.29, 1.82) is 0 Å². The second-order valence-corrected chi connectivity index (χ2v) is 26.2. The molecule has 2 aliphatic rings. The molecule has 0 fully saturated rings. The van der Waals surface area contributed by atoms with E-state index in [-0.39, 0.29) is 12.1 Å². The van der Waals surface area contributed by atoms with E-state index in [9.17, 15) is 0 Å². The number of aryl methyl sites for hydroxylation is 1. The zero-order valence-electron chi connectivity index (χ0n) is 52.0. The fraction of sp³-hybridized carbons (Fsp3) is 0.0930. The van der Waals surface area contributed by atoms with Crippen LogP contribution in [0, 0.1) is 0 Å². The second-order valence-electron chi connectivity index (χ2n) is 26.2. The minimum absolute atomic E-state index is 0.188. The summed E-state index contributed by atoms with van der Waals surface area (Å²) in [6, 6.07) is 107. The average molecular weight is 1180 g/mol. The molecular weight excluding hydrogens is 1120 g/mol. The molecule has 0 bridgehead atoms. The minimum Gasteiger partial charge on any atom is -0.456 e. The molecule has 13 aromatic carbocycles. The maximum absolute atomic E-state index is 6.82. The summed E-state index contributed by atoms with van der Waals surface area (Å²) in [7, 11) is 0. The summed E-state index contributed by atoms with van der Waals surface area (Å²) in [5.74, 6) is 0. The molecule has 0 amide bonds. The number of unbranched alkanes of at least 4 members (excludes halogenated alkanes) is 1. The summed E-state index contributed by atoms with van der Waals surface area (Å²) < 4.78 is 11.8. The lowest BCUT2D eigenvalue weighted by atomic mass is 9.33. The highest BCUT2D eigenvalue weighted by Gasteiger charge is 2.46. The van der Waals surface area contributed by atoms with Crippen LogP contribution >= 0.6 is 0 Å². The molecule has 0 aliphatic carbocycles. The minimum atomic E-state index is -0.286. The highest BCUT2D eigenvalue weighted by molar-refractivity contribution is 7.00. The molecule has 0 unspecified atom stereocenters. The fourth-order valence-corrected chi connectivity index (χ4v) is 15.6. The van der Waals surface area contributed by atoms with Crippen molar-refractivity contribution in [2.24, 2.45) is 0 Å². The van der Waals surface area contributed by atoms with Crippen LogP contribution in [-0.2, 0) is 11.8 Å². The van der Waals surface area contributed by atoms with Gasteiger partial charge in [0.2, 0.25) is 0 Å². The average Bonchev–Trinajstić information content (AvgIpc) is 0.936. The Morgan fingerprint density at radius 2 is 0.815 bits per heavy atom. The second kappa shape index (κ2) is 21.0. The van der Waals surface area contributed by atoms with Gasteiger partial charge in [-0.05, 0) is 159 Å². The van der Waals surface area contributed by atoms with Gasteiger partial charge < -0.3 is 23.4 Å². The van der Waals surface area contributed by atoms with Crippen LogP contribution in [-0.4, -0.2) is 15.8 Å². The fourth-order valence-electron chi connectivity index (χ4n) is 15.6. The van der Waals surface area contributed by atoms with Crippen LogP contribution in [0.4, 0.5) is 34.1 Å². The van der Waals surface area contributed by atoms with E-state index in [1.165, 1.54) is 93.5 Å². The number of anilines is 6. The molecule has 16 aromatic rings. The van der Waals surface area contributed by atoms with Gasteiger partial charge in [-0.25, -0.2) is 0 Å². The number of hydrogen-bond acceptors (Lipinski definition) is 3. The molecule has 18 rings (SSSR count). The van der Waals surface area contributed by atoms with E-state index in [0.29, 0.717) is 0 Å². The monoisotopic (exact) mass is 1180 g/mol. The molecule has 3 aromatic heterocycles. The molecule has 92 heavy (non-hydrogen) atoms. The first kappa shape index (κ1) is 53.9. The van der Waals surface area contributed by atoms with E-state index in [1.807, 2.05) is 0 Å². The molecule has 2 aliphatic heterocycles. The van der Waals surface area contributed by atoms with Crippen molar-refractivity contribution >= 4 is 123 Å². The number of rotatable bonds is 10. The summed E-state index contributed by atoms with van der Waals surface area (Å²) in [4.78, 5) is 5.39. The van der Waals surface area contributed by atoms with Crippen LogP contribution in [0.2, 0.25) is 0 Å². The maximum Gasteiger partial charge on any atom is 0.252 e. The van der Waals surface area contributed by atoms with Gasteiger partial charge in [0.25, 0.3) is 6.71 Å². The highest BCUT2D eigenvalue weighted by Crippen LogP contribution is 2.54. The van der Waals surface area contributed by atoms with E-state index in [4.69, 9.17) is 4.42 Å². The molecule has 0 atom stereocenters. The van der Waals surface area contributed by atoms with Gasteiger partial charge in [0.15, 0.2) is 0 Å². The third-order valence-electron chi connectivity index (χ3n) is 19.8. The van der Waals surface area contributed by atoms with E-state index in [0.717, 1.165) is 97.8 Å². The molecule has 6 heteroatoms. The molecule has 438 valence electrons. The number of benzene rings is 13. The van der Waals surface area contributed by atoms with E-state index in [1.54, 1.807) is 0 Å². The van der Waals surface area contributed by atoms with Crippen molar-refractivity contribution in [3.8, 4) is 44.8 Å². The predicted octanol–water partition coefficient (Wildman–Crippen LogP) is 21.5. The third-order valence-corrected chi connectivity index (χ3v) is 19.8. The topological polar surface area (TPSA) is 29.5 Å². The number of para-hydroxylation sites is 5. The third kappa shape index (κ3) is 8.26. The maximum atomic E-state index is 6.82. The Labute approximate surface area is 536 Å². The number of furan rings is 1. The first-order valence-corrected chi connectivity index (χ1v) is 32.6. The summed E-state index contributed by atoms with van der Waals surface area (Å²) in [5.41, 5.74) is 28.6. The van der Waals surface area contributed by atoms with E-state index >= 15 is 0 Å². The van der Waals surface area contributed by atoms with Gasteiger partial charge in [0.05, 0.1) is 33.4 Å². The lowest BCUT2D eigenvalue weighted by molar-refractivity contribution is 0.590. The standard InChI is InChI=1S/C86H65BN4O/c1-5-6-32-66-76(47-48-82-83(66)67-37-20-25-42-81(67)92-82)90-77-53-60(88-72-38-21-16-33-62(72)63-34-17-22-39-73(63)88)43-45-70(77)87-71-46-44-61(89-74-40-23-18-35-64(74)65-36-19-24-41-75(65)89)54-78(71)91(80-52-59(86(2,3)4)51-79(90)84(80)87)85-68(56-28-12-8-13-29-56)49-58(55-26-10-7-11-27-55)50-69(85)57-30-14-9-15-31-57/h7-31,33-54H,5-6,32H2,1-4H3. The van der Waals surface area contributed by atoms with Crippen molar-refractivity contribution < 1.29 is 4.42 Å². The molecule has 0 saturated heterocycles. The first-order chi connectivity index (χ1) is 45.3. The Morgan fingerprint density at radius 3 is 1.32 bits per heavy atom. The van der Waals surface area contributed by atoms with Crippen molar-refractivity contribution in [3.05, 3.63) is 296 Å². The van der Waals surface area contributed by atoms with Crippen molar-refractivity contribution in [3.63, 3.8) is 0 Å². The summed E-state index contributed by atoms with van der Waals surface area (Å²) in [6.45, 7) is 9.29. The number of fused-ring (bicyclic) bond motifs is 13. The normalized spacial score (nSPS) is 12.8. The SMILES string of the molecule is CCCCc1c(N2c3cc(-n4c5ccccc5c5ccccc54)ccc3B3c4ccc(-n5c6ccccc6c6ccccc65)cc4N(c4c(-c5ccccc5)cc(-c5ccccc5)cc4-c4ccccc4)c4cc(C(C)(C)C)cc2c43)ccc2oc3ccccc3c12. The lowest BCUT2D eigenvalue weighted by Crippen LogP contribution is -2.61. The Hall–Kier alpha value is -11.1. The van der Waals surface area contributed by atoms with Gasteiger partial charge in [-0.3, -0.25) is 0 Å². The van der Waals surface area contributed by atoms with Crippen molar-refractivity contribution in [1.82, 2.24) is 9.13 Å². The molecule has 5 nitrogen and oxygen atoms in total. The first-order valence-electron chi connectivity index (χ1n) is 32.6. The largest absolute Gasteiger partial charge is 0.456 e.